The molecule has 0 aliphatic carbocycles. The number of nitrogens with zero attached hydrogens (tertiary/aromatic N) is 2. The zero-order chi connectivity index (χ0) is 25.2. The Balaban J connectivity index is 1.57. The highest BCUT2D eigenvalue weighted by Crippen LogP contribution is 2.48. The second-order valence-electron chi connectivity index (χ2n) is 8.99. The van der Waals surface area contributed by atoms with Crippen LogP contribution in [0.1, 0.15) is 37.4 Å². The molecule has 186 valence electrons. The first kappa shape index (κ1) is 23.9. The quantitative estimate of drug-likeness (QED) is 0.406. The summed E-state index contributed by atoms with van der Waals surface area (Å²) in [6.07, 6.45) is -0.0450. The minimum absolute atomic E-state index is 0.276. The average molecular weight is 487 g/mol. The maximum Gasteiger partial charge on any atom is 0.266 e. The average Bonchev–Trinajstić information content (AvgIpc) is 3.40. The number of imide groups is 1. The van der Waals surface area contributed by atoms with E-state index in [2.05, 4.69) is 0 Å². The van der Waals surface area contributed by atoms with Crippen molar-refractivity contribution in [2.45, 2.75) is 39.3 Å². The van der Waals surface area contributed by atoms with E-state index in [4.69, 9.17) is 14.3 Å². The van der Waals surface area contributed by atoms with Crippen LogP contribution in [-0.2, 0) is 14.4 Å². The summed E-state index contributed by atoms with van der Waals surface area (Å²) in [4.78, 5) is 34.8. The van der Waals surface area contributed by atoms with Crippen LogP contribution >= 0.6 is 0 Å². The van der Waals surface area contributed by atoms with Crippen molar-refractivity contribution in [1.29, 1.82) is 0 Å². The highest BCUT2D eigenvalue weighted by atomic mass is 16.7. The van der Waals surface area contributed by atoms with Crippen molar-refractivity contribution in [3.8, 4) is 11.5 Å². The summed E-state index contributed by atoms with van der Waals surface area (Å²) in [6, 6.07) is 22.1. The van der Waals surface area contributed by atoms with Gasteiger partial charge >= 0.3 is 0 Å². The maximum absolute atomic E-state index is 13.8. The van der Waals surface area contributed by atoms with Crippen molar-refractivity contribution >= 4 is 23.2 Å². The Morgan fingerprint density at radius 3 is 2.28 bits per heavy atom. The summed E-state index contributed by atoms with van der Waals surface area (Å²) in [5.74, 6) is -0.0889. The summed E-state index contributed by atoms with van der Waals surface area (Å²) in [5.41, 5.74) is 3.18. The Kier molecular flexibility index (Phi) is 6.65. The van der Waals surface area contributed by atoms with Gasteiger partial charge < -0.3 is 9.47 Å². The van der Waals surface area contributed by atoms with Gasteiger partial charge in [-0.3, -0.25) is 14.4 Å². The third kappa shape index (κ3) is 4.20. The topological polar surface area (TPSA) is 68.3 Å². The van der Waals surface area contributed by atoms with Crippen molar-refractivity contribution in [2.24, 2.45) is 5.92 Å². The second-order valence-corrected chi connectivity index (χ2v) is 8.99. The van der Waals surface area contributed by atoms with E-state index in [0.717, 1.165) is 23.2 Å². The lowest BCUT2D eigenvalue weighted by Crippen LogP contribution is -2.37. The Morgan fingerprint density at radius 2 is 1.58 bits per heavy atom. The van der Waals surface area contributed by atoms with E-state index in [-0.39, 0.29) is 11.8 Å². The predicted molar refractivity (Wildman–Crippen MR) is 137 cm³/mol. The number of carbonyl (C=O) groups excluding carboxylic acids is 2. The van der Waals surface area contributed by atoms with Crippen LogP contribution in [0.4, 0.5) is 11.4 Å². The Bertz CT molecular complexity index is 1240. The van der Waals surface area contributed by atoms with E-state index in [9.17, 15) is 9.59 Å². The first-order valence-electron chi connectivity index (χ1n) is 12.4. The third-order valence-corrected chi connectivity index (χ3v) is 6.49. The highest BCUT2D eigenvalue weighted by Gasteiger charge is 2.60. The van der Waals surface area contributed by atoms with E-state index in [1.807, 2.05) is 81.4 Å². The van der Waals surface area contributed by atoms with E-state index >= 15 is 0 Å². The van der Waals surface area contributed by atoms with Gasteiger partial charge in [-0.25, -0.2) is 9.96 Å². The molecular formula is C29H30N2O5. The van der Waals surface area contributed by atoms with Crippen molar-refractivity contribution in [1.82, 2.24) is 0 Å². The molecule has 3 aromatic carbocycles. The van der Waals surface area contributed by atoms with Crippen molar-refractivity contribution < 1.29 is 23.9 Å². The standard InChI is InChI=1S/C29H30N2O5/c1-4-17-35-23-16-13-20(18-24(23)34-5-2)26-25-27(36-31(26)22-9-7-6-8-10-22)29(33)30(28(25)32)21-14-11-19(3)12-15-21/h6-16,18,25-27H,4-5,17H2,1-3H3/t25-,26-,27-/m0/s1. The molecule has 2 aliphatic rings. The molecule has 2 amide bonds. The lowest BCUT2D eigenvalue weighted by Gasteiger charge is -2.29. The zero-order valence-corrected chi connectivity index (χ0v) is 20.7. The van der Waals surface area contributed by atoms with Crippen LogP contribution in [0.2, 0.25) is 0 Å². The van der Waals surface area contributed by atoms with E-state index in [0.29, 0.717) is 30.4 Å². The summed E-state index contributed by atoms with van der Waals surface area (Å²) >= 11 is 0. The number of hydroxylamine groups is 1. The smallest absolute Gasteiger partial charge is 0.266 e. The molecule has 2 aliphatic heterocycles. The molecule has 36 heavy (non-hydrogen) atoms. The fourth-order valence-electron chi connectivity index (χ4n) is 4.81. The molecule has 0 N–H and O–H groups in total. The maximum atomic E-state index is 13.8. The largest absolute Gasteiger partial charge is 0.490 e. The first-order chi connectivity index (χ1) is 17.5. The molecule has 2 saturated heterocycles. The Labute approximate surface area is 211 Å². The van der Waals surface area contributed by atoms with Crippen molar-refractivity contribution in [2.75, 3.05) is 23.2 Å². The number of ether oxygens (including phenoxy) is 2. The normalized spacial score (nSPS) is 21.1. The van der Waals surface area contributed by atoms with Gasteiger partial charge in [0.25, 0.3) is 5.91 Å². The van der Waals surface area contributed by atoms with Crippen LogP contribution in [-0.4, -0.2) is 31.1 Å². The van der Waals surface area contributed by atoms with Crippen LogP contribution in [0.3, 0.4) is 0 Å². The lowest BCUT2D eigenvalue weighted by molar-refractivity contribution is -0.126. The Hall–Kier alpha value is -3.84. The molecule has 3 aromatic rings. The van der Waals surface area contributed by atoms with Gasteiger partial charge in [-0.2, -0.15) is 0 Å². The fourth-order valence-corrected chi connectivity index (χ4v) is 4.81. The van der Waals surface area contributed by atoms with Crippen LogP contribution in [0.5, 0.6) is 11.5 Å². The molecular weight excluding hydrogens is 456 g/mol. The number of rotatable bonds is 8. The van der Waals surface area contributed by atoms with Gasteiger partial charge in [0.2, 0.25) is 5.91 Å². The number of fused-ring (bicyclic) bond motifs is 1. The molecule has 3 atom stereocenters. The van der Waals surface area contributed by atoms with E-state index < -0.39 is 18.1 Å². The van der Waals surface area contributed by atoms with Gasteiger partial charge in [0.05, 0.1) is 30.6 Å². The lowest BCUT2D eigenvalue weighted by atomic mass is 9.90. The molecule has 0 spiro atoms. The number of benzene rings is 3. The van der Waals surface area contributed by atoms with Crippen molar-refractivity contribution in [3.05, 3.63) is 83.9 Å². The summed E-state index contributed by atoms with van der Waals surface area (Å²) in [7, 11) is 0. The first-order valence-corrected chi connectivity index (χ1v) is 12.4. The Morgan fingerprint density at radius 1 is 0.833 bits per heavy atom. The zero-order valence-electron chi connectivity index (χ0n) is 20.7. The van der Waals surface area contributed by atoms with Gasteiger partial charge in [-0.15, -0.1) is 0 Å². The van der Waals surface area contributed by atoms with E-state index in [1.54, 1.807) is 17.2 Å². The third-order valence-electron chi connectivity index (χ3n) is 6.49. The summed E-state index contributed by atoms with van der Waals surface area (Å²) in [6.45, 7) is 6.98. The monoisotopic (exact) mass is 486 g/mol. The molecule has 7 nitrogen and oxygen atoms in total. The van der Waals surface area contributed by atoms with E-state index in [1.165, 1.54) is 4.90 Å². The van der Waals surface area contributed by atoms with Gasteiger partial charge in [0, 0.05) is 0 Å². The van der Waals surface area contributed by atoms with Crippen LogP contribution in [0.15, 0.2) is 72.8 Å². The molecule has 0 saturated carbocycles. The minimum Gasteiger partial charge on any atom is -0.490 e. The van der Waals surface area contributed by atoms with Gasteiger partial charge in [-0.1, -0.05) is 48.9 Å². The number of amides is 2. The fraction of sp³-hybridized carbons (Fsp3) is 0.310. The number of hydrogen-bond donors (Lipinski definition) is 0. The molecule has 0 bridgehead atoms. The summed E-state index contributed by atoms with van der Waals surface area (Å²) < 4.78 is 11.8. The molecule has 2 heterocycles. The molecule has 2 fully saturated rings. The number of aryl methyl sites for hydroxylation is 1. The van der Waals surface area contributed by atoms with Crippen LogP contribution in [0.25, 0.3) is 0 Å². The van der Waals surface area contributed by atoms with Crippen LogP contribution in [0, 0.1) is 12.8 Å². The minimum atomic E-state index is -0.921. The number of para-hydroxylation sites is 1. The second kappa shape index (κ2) is 10.0. The molecule has 7 heteroatoms. The highest BCUT2D eigenvalue weighted by molar-refractivity contribution is 6.23. The predicted octanol–water partition coefficient (Wildman–Crippen LogP) is 5.23. The van der Waals surface area contributed by atoms with Gasteiger partial charge in [0.1, 0.15) is 5.92 Å². The molecule has 5 rings (SSSR count). The number of hydrogen-bond acceptors (Lipinski definition) is 6. The number of anilines is 2. The molecule has 0 aromatic heterocycles. The van der Waals surface area contributed by atoms with Crippen LogP contribution < -0.4 is 19.4 Å². The SMILES string of the molecule is CCCOc1ccc([C@H]2[C@@H]3C(=O)N(c4ccc(C)cc4)C(=O)[C@H]3ON2c2ccccc2)cc1OCC. The summed E-state index contributed by atoms with van der Waals surface area (Å²) in [5, 5.41) is 1.69. The molecule has 0 unspecified atom stereocenters. The molecule has 0 radical (unpaired) electrons. The number of carbonyl (C=O) groups is 2. The van der Waals surface area contributed by atoms with Gasteiger partial charge in [-0.05, 0) is 62.2 Å². The van der Waals surface area contributed by atoms with Crippen molar-refractivity contribution in [3.63, 3.8) is 0 Å². The van der Waals surface area contributed by atoms with Gasteiger partial charge in [0.15, 0.2) is 17.6 Å².